The second kappa shape index (κ2) is 6.77. The van der Waals surface area contributed by atoms with Gasteiger partial charge in [0.05, 0.1) is 13.7 Å². The number of hydrogen-bond acceptors (Lipinski definition) is 3. The Bertz CT molecular complexity index is 569. The minimum atomic E-state index is 0.0373. The van der Waals surface area contributed by atoms with E-state index in [1.165, 1.54) is 5.56 Å². The van der Waals surface area contributed by atoms with Crippen molar-refractivity contribution in [3.05, 3.63) is 58.1 Å². The predicted molar refractivity (Wildman–Crippen MR) is 85.2 cm³/mol. The number of rotatable bonds is 5. The Morgan fingerprint density at radius 3 is 2.45 bits per heavy atom. The Hall–Kier alpha value is -1.52. The molecule has 2 rings (SSSR count). The van der Waals surface area contributed by atoms with Crippen molar-refractivity contribution in [2.45, 2.75) is 13.2 Å². The van der Waals surface area contributed by atoms with Crippen molar-refractivity contribution in [3.8, 4) is 5.75 Å². The molecule has 0 aromatic heterocycles. The Kier molecular flexibility index (Phi) is 5.04. The van der Waals surface area contributed by atoms with Crippen LogP contribution in [0.25, 0.3) is 0 Å². The topological polar surface area (TPSA) is 32.7 Å². The number of halogens is 1. The summed E-state index contributed by atoms with van der Waals surface area (Å²) in [5.41, 5.74) is 3.14. The highest BCUT2D eigenvalue weighted by Gasteiger charge is 2.08. The van der Waals surface area contributed by atoms with Gasteiger partial charge in [-0.05, 0) is 29.8 Å². The maximum atomic E-state index is 9.43. The quantitative estimate of drug-likeness (QED) is 0.906. The maximum absolute atomic E-state index is 9.43. The lowest BCUT2D eigenvalue weighted by atomic mass is 10.1. The van der Waals surface area contributed by atoms with Crippen LogP contribution in [0.2, 0.25) is 0 Å². The summed E-state index contributed by atoms with van der Waals surface area (Å²) in [5.74, 6) is 0.856. The highest BCUT2D eigenvalue weighted by atomic mass is 79.9. The summed E-state index contributed by atoms with van der Waals surface area (Å²) < 4.78 is 6.16. The zero-order valence-electron chi connectivity index (χ0n) is 11.6. The first-order chi connectivity index (χ1) is 9.63. The molecule has 0 bridgehead atoms. The van der Waals surface area contributed by atoms with Crippen LogP contribution in [0.5, 0.6) is 5.75 Å². The number of nitrogens with zero attached hydrogens (tertiary/aromatic N) is 1. The molecule has 3 nitrogen and oxygen atoms in total. The zero-order valence-corrected chi connectivity index (χ0v) is 13.2. The summed E-state index contributed by atoms with van der Waals surface area (Å²) in [4.78, 5) is 2.12. The molecule has 2 aromatic rings. The molecule has 106 valence electrons. The van der Waals surface area contributed by atoms with Crippen LogP contribution in [-0.2, 0) is 13.2 Å². The largest absolute Gasteiger partial charge is 0.497 e. The third kappa shape index (κ3) is 3.52. The molecule has 0 saturated carbocycles. The summed E-state index contributed by atoms with van der Waals surface area (Å²) >= 11 is 3.47. The summed E-state index contributed by atoms with van der Waals surface area (Å²) in [7, 11) is 3.68. The van der Waals surface area contributed by atoms with Gasteiger partial charge in [-0.2, -0.15) is 0 Å². The summed E-state index contributed by atoms with van der Waals surface area (Å²) in [5, 5.41) is 9.43. The lowest BCUT2D eigenvalue weighted by molar-refractivity contribution is 0.282. The van der Waals surface area contributed by atoms with E-state index in [2.05, 4.69) is 20.8 Å². The zero-order chi connectivity index (χ0) is 14.5. The molecule has 0 spiro atoms. The van der Waals surface area contributed by atoms with Gasteiger partial charge in [0.2, 0.25) is 0 Å². The highest BCUT2D eigenvalue weighted by Crippen LogP contribution is 2.26. The number of ether oxygens (including phenoxy) is 1. The Morgan fingerprint density at radius 1 is 1.15 bits per heavy atom. The monoisotopic (exact) mass is 335 g/mol. The molecular weight excluding hydrogens is 318 g/mol. The van der Waals surface area contributed by atoms with Gasteiger partial charge in [-0.1, -0.05) is 34.1 Å². The highest BCUT2D eigenvalue weighted by molar-refractivity contribution is 9.10. The van der Waals surface area contributed by atoms with E-state index in [4.69, 9.17) is 4.74 Å². The van der Waals surface area contributed by atoms with Gasteiger partial charge in [0.25, 0.3) is 0 Å². The molecular formula is C16H18BrNO2. The average Bonchev–Trinajstić information content (AvgIpc) is 2.48. The molecule has 0 amide bonds. The van der Waals surface area contributed by atoms with Gasteiger partial charge >= 0.3 is 0 Å². The van der Waals surface area contributed by atoms with Crippen molar-refractivity contribution in [2.24, 2.45) is 0 Å². The molecule has 0 aliphatic rings. The Labute approximate surface area is 127 Å². The van der Waals surface area contributed by atoms with Crippen molar-refractivity contribution >= 4 is 21.6 Å². The van der Waals surface area contributed by atoms with E-state index < -0.39 is 0 Å². The average molecular weight is 336 g/mol. The van der Waals surface area contributed by atoms with E-state index in [-0.39, 0.29) is 6.61 Å². The summed E-state index contributed by atoms with van der Waals surface area (Å²) in [6, 6.07) is 13.9. The molecule has 1 N–H and O–H groups in total. The van der Waals surface area contributed by atoms with Crippen molar-refractivity contribution in [1.29, 1.82) is 0 Å². The summed E-state index contributed by atoms with van der Waals surface area (Å²) in [6.45, 7) is 0.809. The van der Waals surface area contributed by atoms with Gasteiger partial charge in [-0.15, -0.1) is 0 Å². The fraction of sp³-hybridized carbons (Fsp3) is 0.250. The minimum absolute atomic E-state index is 0.0373. The molecule has 4 heteroatoms. The number of benzene rings is 2. The second-order valence-corrected chi connectivity index (χ2v) is 5.55. The van der Waals surface area contributed by atoms with Crippen LogP contribution in [0.1, 0.15) is 11.1 Å². The lowest BCUT2D eigenvalue weighted by Gasteiger charge is -2.22. The van der Waals surface area contributed by atoms with Gasteiger partial charge in [0.15, 0.2) is 0 Å². The number of aliphatic hydroxyl groups excluding tert-OH is 1. The third-order valence-electron chi connectivity index (χ3n) is 3.21. The van der Waals surface area contributed by atoms with Crippen LogP contribution in [0.3, 0.4) is 0 Å². The van der Waals surface area contributed by atoms with E-state index in [0.717, 1.165) is 28.0 Å². The maximum Gasteiger partial charge on any atom is 0.118 e. The fourth-order valence-corrected chi connectivity index (χ4v) is 2.47. The van der Waals surface area contributed by atoms with E-state index >= 15 is 0 Å². The van der Waals surface area contributed by atoms with Gasteiger partial charge in [-0.25, -0.2) is 0 Å². The van der Waals surface area contributed by atoms with Crippen LogP contribution < -0.4 is 9.64 Å². The van der Waals surface area contributed by atoms with E-state index in [0.29, 0.717) is 0 Å². The number of anilines is 1. The van der Waals surface area contributed by atoms with Crippen molar-refractivity contribution in [3.63, 3.8) is 0 Å². The Balaban J connectivity index is 2.18. The molecule has 0 saturated heterocycles. The molecule has 0 fully saturated rings. The smallest absolute Gasteiger partial charge is 0.118 e. The lowest BCUT2D eigenvalue weighted by Crippen LogP contribution is -2.18. The molecule has 0 radical (unpaired) electrons. The standard InChI is InChI=1S/C16H18BrNO2/c1-18(10-12-3-7-15(20-2)8-4-12)16-9-14(17)6-5-13(16)11-19/h3-9,19H,10-11H2,1-2H3. The molecule has 0 unspecified atom stereocenters. The fourth-order valence-electron chi connectivity index (χ4n) is 2.12. The van der Waals surface area contributed by atoms with Crippen LogP contribution in [-0.4, -0.2) is 19.3 Å². The predicted octanol–water partition coefficient (Wildman–Crippen LogP) is 3.59. The number of aliphatic hydroxyl groups is 1. The Morgan fingerprint density at radius 2 is 1.85 bits per heavy atom. The van der Waals surface area contributed by atoms with Crippen molar-refractivity contribution in [1.82, 2.24) is 0 Å². The van der Waals surface area contributed by atoms with Crippen LogP contribution >= 0.6 is 15.9 Å². The molecule has 0 heterocycles. The molecule has 20 heavy (non-hydrogen) atoms. The third-order valence-corrected chi connectivity index (χ3v) is 3.70. The van der Waals surface area contributed by atoms with Crippen LogP contribution in [0.4, 0.5) is 5.69 Å². The van der Waals surface area contributed by atoms with Crippen molar-refractivity contribution < 1.29 is 9.84 Å². The first-order valence-electron chi connectivity index (χ1n) is 6.37. The molecule has 0 aliphatic heterocycles. The summed E-state index contributed by atoms with van der Waals surface area (Å²) in [6.07, 6.45) is 0. The minimum Gasteiger partial charge on any atom is -0.497 e. The first kappa shape index (κ1) is 14.9. The van der Waals surface area contributed by atoms with Crippen molar-refractivity contribution in [2.75, 3.05) is 19.1 Å². The van der Waals surface area contributed by atoms with Gasteiger partial charge in [-0.3, -0.25) is 0 Å². The van der Waals surface area contributed by atoms with Gasteiger partial charge in [0.1, 0.15) is 5.75 Å². The van der Waals surface area contributed by atoms with Gasteiger partial charge in [0, 0.05) is 29.3 Å². The SMILES string of the molecule is COc1ccc(CN(C)c2cc(Br)ccc2CO)cc1. The molecule has 2 aromatic carbocycles. The second-order valence-electron chi connectivity index (χ2n) is 4.64. The molecule has 0 aliphatic carbocycles. The first-order valence-corrected chi connectivity index (χ1v) is 7.16. The van der Waals surface area contributed by atoms with E-state index in [1.54, 1.807) is 7.11 Å². The van der Waals surface area contributed by atoms with E-state index in [9.17, 15) is 5.11 Å². The van der Waals surface area contributed by atoms with E-state index in [1.807, 2.05) is 49.5 Å². The number of hydrogen-bond donors (Lipinski definition) is 1. The normalized spacial score (nSPS) is 10.4. The molecule has 0 atom stereocenters. The van der Waals surface area contributed by atoms with Gasteiger partial charge < -0.3 is 14.7 Å². The number of methoxy groups -OCH3 is 1. The van der Waals surface area contributed by atoms with Crippen LogP contribution in [0, 0.1) is 0 Å². The van der Waals surface area contributed by atoms with Crippen LogP contribution in [0.15, 0.2) is 46.9 Å².